The average molecular weight is 292 g/mol. The average Bonchev–Trinajstić information content (AvgIpc) is 2.73. The first-order chi connectivity index (χ1) is 9.06. The van der Waals surface area contributed by atoms with Gasteiger partial charge >= 0.3 is 5.76 Å². The molecule has 0 saturated carbocycles. The van der Waals surface area contributed by atoms with E-state index in [9.17, 15) is 13.6 Å². The number of nitrogens with one attached hydrogen (secondary N) is 1. The molecule has 0 saturated heterocycles. The van der Waals surface area contributed by atoms with Crippen LogP contribution in [-0.4, -0.2) is 24.6 Å². The van der Waals surface area contributed by atoms with E-state index in [1.54, 1.807) is 18.2 Å². The Morgan fingerprint density at radius 3 is 2.95 bits per heavy atom. The van der Waals surface area contributed by atoms with Gasteiger partial charge in [-0.25, -0.2) is 13.6 Å². The molecule has 2 rings (SSSR count). The minimum absolute atomic E-state index is 0.146. The number of hydrogen-bond donors (Lipinski definition) is 1. The molecule has 2 aromatic rings. The Labute approximate surface area is 112 Å². The van der Waals surface area contributed by atoms with Crippen LogP contribution in [0.4, 0.5) is 8.78 Å². The third-order valence-electron chi connectivity index (χ3n) is 2.57. The van der Waals surface area contributed by atoms with Crippen LogP contribution in [0, 0.1) is 0 Å². The largest absolute Gasteiger partial charge is 0.417 e. The van der Waals surface area contributed by atoms with Crippen molar-refractivity contribution in [2.24, 2.45) is 0 Å². The number of oxazole rings is 1. The van der Waals surface area contributed by atoms with Gasteiger partial charge < -0.3 is 9.15 Å². The maximum absolute atomic E-state index is 11.9. The van der Waals surface area contributed by atoms with Crippen molar-refractivity contribution in [1.29, 1.82) is 0 Å². The maximum Gasteiger partial charge on any atom is 0.417 e. The number of rotatable bonds is 6. The maximum atomic E-state index is 11.9. The van der Waals surface area contributed by atoms with E-state index in [0.29, 0.717) is 17.5 Å². The SMILES string of the molecule is O=c1[nH]c2ccc(C(Cl)CCOCC(F)F)cc2o1. The number of H-pyrrole nitrogens is 1. The zero-order valence-corrected chi connectivity index (χ0v) is 10.6. The fourth-order valence-electron chi connectivity index (χ4n) is 1.68. The topological polar surface area (TPSA) is 55.2 Å². The van der Waals surface area contributed by atoms with Gasteiger partial charge in [0, 0.05) is 6.61 Å². The van der Waals surface area contributed by atoms with Gasteiger partial charge in [-0.1, -0.05) is 6.07 Å². The molecule has 19 heavy (non-hydrogen) atoms. The fourth-order valence-corrected chi connectivity index (χ4v) is 1.91. The van der Waals surface area contributed by atoms with Crippen LogP contribution in [0.1, 0.15) is 17.4 Å². The molecule has 0 amide bonds. The fraction of sp³-hybridized carbons (Fsp3) is 0.417. The van der Waals surface area contributed by atoms with Gasteiger partial charge in [-0.15, -0.1) is 11.6 Å². The normalized spacial score (nSPS) is 13.3. The van der Waals surface area contributed by atoms with E-state index in [-0.39, 0.29) is 12.0 Å². The van der Waals surface area contributed by atoms with Gasteiger partial charge in [-0.3, -0.25) is 4.98 Å². The van der Waals surface area contributed by atoms with Gasteiger partial charge in [0.05, 0.1) is 10.9 Å². The van der Waals surface area contributed by atoms with Crippen LogP contribution in [0.15, 0.2) is 27.4 Å². The van der Waals surface area contributed by atoms with Crippen LogP contribution in [0.25, 0.3) is 11.1 Å². The van der Waals surface area contributed by atoms with Crippen LogP contribution >= 0.6 is 11.6 Å². The zero-order valence-electron chi connectivity index (χ0n) is 9.87. The summed E-state index contributed by atoms with van der Waals surface area (Å²) in [6.45, 7) is -0.442. The van der Waals surface area contributed by atoms with E-state index in [0.717, 1.165) is 5.56 Å². The third-order valence-corrected chi connectivity index (χ3v) is 3.04. The highest BCUT2D eigenvalue weighted by molar-refractivity contribution is 6.20. The van der Waals surface area contributed by atoms with Gasteiger partial charge in [0.15, 0.2) is 5.58 Å². The van der Waals surface area contributed by atoms with Gasteiger partial charge in [-0.05, 0) is 24.1 Å². The molecule has 104 valence electrons. The molecule has 1 unspecified atom stereocenters. The van der Waals surface area contributed by atoms with Gasteiger partial charge in [-0.2, -0.15) is 0 Å². The molecule has 0 fully saturated rings. The van der Waals surface area contributed by atoms with Crippen molar-refractivity contribution in [3.05, 3.63) is 34.3 Å². The summed E-state index contributed by atoms with van der Waals surface area (Å²) in [5.74, 6) is -0.529. The summed E-state index contributed by atoms with van der Waals surface area (Å²) in [6.07, 6.45) is -2.08. The lowest BCUT2D eigenvalue weighted by Gasteiger charge is -2.10. The van der Waals surface area contributed by atoms with E-state index in [1.807, 2.05) is 0 Å². The molecular weight excluding hydrogens is 280 g/mol. The highest BCUT2D eigenvalue weighted by Crippen LogP contribution is 2.26. The minimum atomic E-state index is -2.47. The van der Waals surface area contributed by atoms with E-state index < -0.39 is 18.8 Å². The molecule has 4 nitrogen and oxygen atoms in total. The molecule has 0 bridgehead atoms. The van der Waals surface area contributed by atoms with Crippen LogP contribution in [0.3, 0.4) is 0 Å². The van der Waals surface area contributed by atoms with Crippen LogP contribution in [-0.2, 0) is 4.74 Å². The summed E-state index contributed by atoms with van der Waals surface area (Å²) in [7, 11) is 0. The molecule has 1 aromatic carbocycles. The monoisotopic (exact) mass is 291 g/mol. The van der Waals surface area contributed by atoms with Gasteiger partial charge in [0.25, 0.3) is 6.43 Å². The first-order valence-electron chi connectivity index (χ1n) is 5.69. The van der Waals surface area contributed by atoms with E-state index in [1.165, 1.54) is 0 Å². The van der Waals surface area contributed by atoms with Crippen molar-refractivity contribution in [3.63, 3.8) is 0 Å². The van der Waals surface area contributed by atoms with Crippen LogP contribution in [0.2, 0.25) is 0 Å². The lowest BCUT2D eigenvalue weighted by molar-refractivity contribution is 0.0165. The van der Waals surface area contributed by atoms with E-state index >= 15 is 0 Å². The Balaban J connectivity index is 1.96. The second kappa shape index (κ2) is 6.16. The van der Waals surface area contributed by atoms with Gasteiger partial charge in [0.1, 0.15) is 6.61 Å². The molecule has 1 N–H and O–H groups in total. The molecule has 1 atom stereocenters. The lowest BCUT2D eigenvalue weighted by atomic mass is 10.1. The predicted octanol–water partition coefficient (Wildman–Crippen LogP) is 3.07. The Kier molecular flexibility index (Phi) is 4.55. The Morgan fingerprint density at radius 1 is 1.42 bits per heavy atom. The zero-order chi connectivity index (χ0) is 13.8. The number of benzene rings is 1. The first kappa shape index (κ1) is 14.0. The number of halogens is 3. The summed E-state index contributed by atoms with van der Waals surface area (Å²) in [5, 5.41) is -0.387. The Bertz CT molecular complexity index is 596. The summed E-state index contributed by atoms with van der Waals surface area (Å²) in [6, 6.07) is 5.08. The lowest BCUT2D eigenvalue weighted by Crippen LogP contribution is -2.06. The van der Waals surface area contributed by atoms with Crippen molar-refractivity contribution in [3.8, 4) is 0 Å². The second-order valence-corrected chi connectivity index (χ2v) is 4.52. The van der Waals surface area contributed by atoms with E-state index in [4.69, 9.17) is 20.8 Å². The Morgan fingerprint density at radius 2 is 2.21 bits per heavy atom. The molecule has 0 aliphatic rings. The number of fused-ring (bicyclic) bond motifs is 1. The van der Waals surface area contributed by atoms with Gasteiger partial charge in [0.2, 0.25) is 0 Å². The van der Waals surface area contributed by atoms with Crippen molar-refractivity contribution < 1.29 is 17.9 Å². The Hall–Kier alpha value is -1.40. The number of hydrogen-bond acceptors (Lipinski definition) is 3. The first-order valence-corrected chi connectivity index (χ1v) is 6.12. The molecule has 0 spiro atoms. The molecule has 1 heterocycles. The number of aromatic nitrogens is 1. The minimum Gasteiger partial charge on any atom is -0.408 e. The molecule has 1 aromatic heterocycles. The summed E-state index contributed by atoms with van der Waals surface area (Å²) >= 11 is 6.13. The summed E-state index contributed by atoms with van der Waals surface area (Å²) in [4.78, 5) is 13.5. The molecule has 7 heteroatoms. The number of aromatic amines is 1. The third kappa shape index (κ3) is 3.78. The molecule has 0 aliphatic carbocycles. The van der Waals surface area contributed by atoms with Crippen LogP contribution in [0.5, 0.6) is 0 Å². The second-order valence-electron chi connectivity index (χ2n) is 3.99. The van der Waals surface area contributed by atoms with Crippen molar-refractivity contribution in [2.45, 2.75) is 18.2 Å². The van der Waals surface area contributed by atoms with E-state index in [2.05, 4.69) is 4.98 Å². The number of alkyl halides is 3. The highest BCUT2D eigenvalue weighted by Gasteiger charge is 2.11. The van der Waals surface area contributed by atoms with Crippen molar-refractivity contribution in [2.75, 3.05) is 13.2 Å². The molecular formula is C12H12ClF2NO3. The van der Waals surface area contributed by atoms with Crippen LogP contribution < -0.4 is 5.76 Å². The highest BCUT2D eigenvalue weighted by atomic mass is 35.5. The number of ether oxygens (including phenoxy) is 1. The van der Waals surface area contributed by atoms with Crippen molar-refractivity contribution in [1.82, 2.24) is 4.98 Å². The predicted molar refractivity (Wildman–Crippen MR) is 66.9 cm³/mol. The summed E-state index contributed by atoms with van der Waals surface area (Å²) < 4.78 is 33.4. The summed E-state index contributed by atoms with van der Waals surface area (Å²) in [5.41, 5.74) is 1.76. The quantitative estimate of drug-likeness (QED) is 0.657. The smallest absolute Gasteiger partial charge is 0.408 e. The standard InChI is InChI=1S/C12H12ClF2NO3/c13-8(3-4-18-6-11(14)15)7-1-2-9-10(5-7)19-12(17)16-9/h1-2,5,8,11H,3-4,6H2,(H,16,17). The molecule has 0 aliphatic heterocycles. The molecule has 0 radical (unpaired) electrons. The van der Waals surface area contributed by atoms with Crippen molar-refractivity contribution >= 4 is 22.7 Å².